The minimum absolute atomic E-state index is 0.0194. The molecule has 0 spiro atoms. The van der Waals surface area contributed by atoms with Crippen molar-refractivity contribution in [2.45, 2.75) is 76.0 Å². The highest BCUT2D eigenvalue weighted by atomic mass is 19.1. The number of carbonyl (C=O) groups excluding carboxylic acids is 5. The van der Waals surface area contributed by atoms with Crippen LogP contribution in [0.4, 0.5) is 10.1 Å². The summed E-state index contributed by atoms with van der Waals surface area (Å²) in [6.45, 7) is 0.502. The summed E-state index contributed by atoms with van der Waals surface area (Å²) in [4.78, 5) is 72.8. The summed E-state index contributed by atoms with van der Waals surface area (Å²) in [6, 6.07) is 43.0. The molecular weight excluding hydrogens is 894 g/mol. The predicted molar refractivity (Wildman–Crippen MR) is 265 cm³/mol. The van der Waals surface area contributed by atoms with E-state index in [0.29, 0.717) is 29.9 Å². The third-order valence-electron chi connectivity index (χ3n) is 15.9. The minimum atomic E-state index is -1.30. The van der Waals surface area contributed by atoms with E-state index in [1.54, 1.807) is 6.07 Å². The van der Waals surface area contributed by atoms with Crippen LogP contribution in [0, 0.1) is 40.8 Å². The zero-order valence-corrected chi connectivity index (χ0v) is 39.4. The molecule has 0 saturated heterocycles. The van der Waals surface area contributed by atoms with E-state index >= 15 is 9.59 Å². The van der Waals surface area contributed by atoms with Crippen molar-refractivity contribution in [3.63, 3.8) is 0 Å². The van der Waals surface area contributed by atoms with Crippen molar-refractivity contribution in [2.24, 2.45) is 35.0 Å². The van der Waals surface area contributed by atoms with Gasteiger partial charge in [0, 0.05) is 30.5 Å². The molecule has 0 aliphatic heterocycles. The van der Waals surface area contributed by atoms with Gasteiger partial charge in [0.1, 0.15) is 25.1 Å². The Balaban J connectivity index is 0.908. The van der Waals surface area contributed by atoms with E-state index < -0.39 is 59.3 Å². The van der Waals surface area contributed by atoms with Gasteiger partial charge in [0.2, 0.25) is 17.7 Å². The van der Waals surface area contributed by atoms with Crippen LogP contribution in [0.2, 0.25) is 0 Å². The number of fused-ring (bicyclic) bond motifs is 1. The zero-order valence-electron chi connectivity index (χ0n) is 39.4. The second-order valence-corrected chi connectivity index (χ2v) is 20.7. The van der Waals surface area contributed by atoms with Crippen LogP contribution < -0.4 is 16.0 Å². The van der Waals surface area contributed by atoms with Crippen LogP contribution in [0.3, 0.4) is 0 Å². The molecule has 13 rings (SSSR count). The molecule has 0 heterocycles. The SMILES string of the molecule is O=C(OCc1ccccc1)c1cc(NC(=O)[C@H](Cc2cccc(F)c2)NC(=O)[C@H]2C3c4ccccc4C(c4ccccc43)[C@H]2C(=O)NCC23CC4CC(CC(C4)C2)C3)cc(C(=O)OCc2ccccc2)c1. The number of anilines is 1. The number of rotatable bonds is 15. The summed E-state index contributed by atoms with van der Waals surface area (Å²) in [7, 11) is 0. The summed E-state index contributed by atoms with van der Waals surface area (Å²) >= 11 is 0. The Morgan fingerprint density at radius 3 is 1.51 bits per heavy atom. The lowest BCUT2D eigenvalue weighted by Gasteiger charge is -2.57. The second-order valence-electron chi connectivity index (χ2n) is 20.7. The van der Waals surface area contributed by atoms with E-state index in [2.05, 4.69) is 28.1 Å². The average molecular weight is 950 g/mol. The van der Waals surface area contributed by atoms with Crippen LogP contribution in [0.25, 0.3) is 0 Å². The van der Waals surface area contributed by atoms with Crippen molar-refractivity contribution in [1.29, 1.82) is 0 Å². The van der Waals surface area contributed by atoms with Crippen LogP contribution in [-0.4, -0.2) is 42.2 Å². The maximum atomic E-state index is 15.5. The lowest BCUT2D eigenvalue weighted by Crippen LogP contribution is -2.57. The molecule has 7 aliphatic carbocycles. The first-order valence-electron chi connectivity index (χ1n) is 24.9. The van der Waals surface area contributed by atoms with Crippen molar-refractivity contribution < 1.29 is 37.8 Å². The Kier molecular flexibility index (Phi) is 12.6. The topological polar surface area (TPSA) is 140 Å². The molecular formula is C60H56FN3O7. The standard InChI is InChI=1S/C60H56FN3O7/c61-44-17-11-16-38(25-44)26-50(55(65)63-45-28-42(58(68)70-33-36-12-3-1-4-13-36)27-43(29-45)59(69)71-34-37-14-5-2-6-15-37)64-57(67)54-52-48-20-9-7-18-46(48)51(47-19-8-10-21-49(47)52)53(54)56(66)62-35-60-30-39-22-40(31-60)24-41(23-39)32-60/h1-21,25,27-29,39-41,50-54H,22-24,26,30-35H2,(H,62,66)(H,63,65)(H,64,67)/t39?,40?,41?,50-,51?,52?,53+,54-,60?/m0/s1. The van der Waals surface area contributed by atoms with Crippen LogP contribution in [-0.2, 0) is 43.5 Å². The Hall–Kier alpha value is -7.40. The van der Waals surface area contributed by atoms with Crippen LogP contribution in [0.1, 0.15) is 110 Å². The third kappa shape index (κ3) is 9.50. The number of esters is 2. The van der Waals surface area contributed by atoms with Crippen LogP contribution >= 0.6 is 0 Å². The van der Waals surface area contributed by atoms with Crippen LogP contribution in [0.15, 0.2) is 152 Å². The molecule has 3 atom stereocenters. The molecule has 0 radical (unpaired) electrons. The molecule has 0 unspecified atom stereocenters. The normalized spacial score (nSPS) is 24.4. The quantitative estimate of drug-likeness (QED) is 0.0871. The van der Waals surface area contributed by atoms with Gasteiger partial charge in [-0.2, -0.15) is 0 Å². The van der Waals surface area contributed by atoms with Gasteiger partial charge in [0.15, 0.2) is 0 Å². The van der Waals surface area contributed by atoms with E-state index in [0.717, 1.165) is 52.6 Å². The highest BCUT2D eigenvalue weighted by molar-refractivity contribution is 6.02. The van der Waals surface area contributed by atoms with E-state index in [-0.39, 0.29) is 47.8 Å². The molecule has 6 aromatic carbocycles. The maximum absolute atomic E-state index is 15.5. The Bertz CT molecular complexity index is 2860. The third-order valence-corrected chi connectivity index (χ3v) is 15.9. The number of hydrogen-bond acceptors (Lipinski definition) is 7. The Labute approximate surface area is 412 Å². The number of benzene rings is 6. The smallest absolute Gasteiger partial charge is 0.338 e. The molecule has 6 aromatic rings. The Morgan fingerprint density at radius 1 is 0.549 bits per heavy atom. The summed E-state index contributed by atoms with van der Waals surface area (Å²) in [5, 5.41) is 9.38. The Morgan fingerprint density at radius 2 is 1.01 bits per heavy atom. The van der Waals surface area contributed by atoms with Gasteiger partial charge in [0.25, 0.3) is 0 Å². The van der Waals surface area contributed by atoms with Crippen molar-refractivity contribution in [3.05, 3.63) is 208 Å². The lowest BCUT2D eigenvalue weighted by molar-refractivity contribution is -0.139. The largest absolute Gasteiger partial charge is 0.457 e. The number of carbonyl (C=O) groups is 5. The van der Waals surface area contributed by atoms with Gasteiger partial charge in [-0.3, -0.25) is 14.4 Å². The summed E-state index contributed by atoms with van der Waals surface area (Å²) in [5.74, 6) is -3.84. The minimum Gasteiger partial charge on any atom is -0.457 e. The summed E-state index contributed by atoms with van der Waals surface area (Å²) in [5.41, 5.74) is 6.01. The summed E-state index contributed by atoms with van der Waals surface area (Å²) < 4.78 is 26.1. The monoisotopic (exact) mass is 949 g/mol. The fourth-order valence-corrected chi connectivity index (χ4v) is 13.4. The van der Waals surface area contributed by atoms with Gasteiger partial charge in [-0.1, -0.05) is 121 Å². The van der Waals surface area contributed by atoms with E-state index in [4.69, 9.17) is 9.47 Å². The zero-order chi connectivity index (χ0) is 48.6. The molecule has 7 aliphatic rings. The number of hydrogen-bond donors (Lipinski definition) is 3. The van der Waals surface area contributed by atoms with E-state index in [1.165, 1.54) is 55.7 Å². The fourth-order valence-electron chi connectivity index (χ4n) is 13.4. The maximum Gasteiger partial charge on any atom is 0.338 e. The second kappa shape index (κ2) is 19.4. The molecule has 3 amide bonds. The van der Waals surface area contributed by atoms with E-state index in [9.17, 15) is 18.8 Å². The van der Waals surface area contributed by atoms with Gasteiger partial charge in [0.05, 0.1) is 23.0 Å². The summed E-state index contributed by atoms with van der Waals surface area (Å²) in [6.07, 6.45) is 7.11. The molecule has 360 valence electrons. The van der Waals surface area contributed by atoms with Crippen molar-refractivity contribution in [1.82, 2.24) is 10.6 Å². The van der Waals surface area contributed by atoms with E-state index in [1.807, 2.05) is 97.1 Å². The molecule has 71 heavy (non-hydrogen) atoms. The first-order chi connectivity index (χ1) is 34.6. The predicted octanol–water partition coefficient (Wildman–Crippen LogP) is 10.1. The highest BCUT2D eigenvalue weighted by Crippen LogP contribution is 2.61. The van der Waals surface area contributed by atoms with Gasteiger partial charge >= 0.3 is 11.9 Å². The van der Waals surface area contributed by atoms with Crippen molar-refractivity contribution in [3.8, 4) is 0 Å². The fraction of sp³-hybridized carbons (Fsp3) is 0.317. The number of amides is 3. The van der Waals surface area contributed by atoms with Gasteiger partial charge < -0.3 is 25.4 Å². The molecule has 11 heteroatoms. The van der Waals surface area contributed by atoms with Gasteiger partial charge in [-0.05, 0) is 131 Å². The van der Waals surface area contributed by atoms with Crippen LogP contribution in [0.5, 0.6) is 0 Å². The molecule has 4 saturated carbocycles. The van der Waals surface area contributed by atoms with Crippen molar-refractivity contribution >= 4 is 35.3 Å². The first-order valence-corrected chi connectivity index (χ1v) is 24.9. The first kappa shape index (κ1) is 46.0. The molecule has 10 nitrogen and oxygen atoms in total. The van der Waals surface area contributed by atoms with Gasteiger partial charge in [-0.15, -0.1) is 0 Å². The number of ether oxygens (including phenoxy) is 2. The van der Waals surface area contributed by atoms with Gasteiger partial charge in [-0.25, -0.2) is 14.0 Å². The lowest BCUT2D eigenvalue weighted by atomic mass is 9.49. The molecule has 4 fully saturated rings. The number of halogens is 1. The molecule has 6 bridgehead atoms. The molecule has 0 aromatic heterocycles. The average Bonchev–Trinajstić information content (AvgIpc) is 3.38. The molecule has 3 N–H and O–H groups in total. The van der Waals surface area contributed by atoms with Crippen molar-refractivity contribution in [2.75, 3.05) is 11.9 Å². The highest BCUT2D eigenvalue weighted by Gasteiger charge is 2.56. The number of nitrogens with one attached hydrogen (secondary N) is 3.